The molecular weight excluding hydrogens is 631 g/mol. The molecule has 2 aliphatic rings. The molecule has 0 spiro atoms. The molecule has 1 atom stereocenters. The van der Waals surface area contributed by atoms with E-state index in [-0.39, 0.29) is 41.4 Å². The number of nitrogens with one attached hydrogen (secondary N) is 2. The minimum atomic E-state index is -1.08. The van der Waals surface area contributed by atoms with Crippen LogP contribution in [-0.4, -0.2) is 61.3 Å². The lowest BCUT2D eigenvalue weighted by Gasteiger charge is -2.34. The first-order valence-corrected chi connectivity index (χ1v) is 15.3. The van der Waals surface area contributed by atoms with Gasteiger partial charge in [0.25, 0.3) is 0 Å². The van der Waals surface area contributed by atoms with Gasteiger partial charge in [0, 0.05) is 46.9 Å². The van der Waals surface area contributed by atoms with Gasteiger partial charge in [0.15, 0.2) is 5.15 Å². The van der Waals surface area contributed by atoms with Crippen molar-refractivity contribution in [3.63, 3.8) is 0 Å². The average Bonchev–Trinajstić information content (AvgIpc) is 3.81. The number of hydrogen-bond acceptors (Lipinski definition) is 6. The Balaban J connectivity index is 1.26. The summed E-state index contributed by atoms with van der Waals surface area (Å²) in [5.74, 6) is -1.81. The molecule has 0 unspecified atom stereocenters. The summed E-state index contributed by atoms with van der Waals surface area (Å²) in [5.41, 5.74) is 3.97. The van der Waals surface area contributed by atoms with Crippen LogP contribution in [0.4, 0.5) is 11.4 Å². The van der Waals surface area contributed by atoms with Gasteiger partial charge < -0.3 is 20.6 Å². The van der Waals surface area contributed by atoms with Crippen LogP contribution in [0.2, 0.25) is 10.2 Å². The third kappa shape index (κ3) is 7.11. The second-order valence-corrected chi connectivity index (χ2v) is 12.0. The number of carbonyl (C=O) groups excluding carboxylic acids is 3. The number of anilines is 2. The number of carbonyl (C=O) groups is 4. The molecule has 2 heterocycles. The van der Waals surface area contributed by atoms with Crippen LogP contribution in [-0.2, 0) is 20.8 Å². The summed E-state index contributed by atoms with van der Waals surface area (Å²) in [6.45, 7) is 0.236. The number of benzene rings is 3. The van der Waals surface area contributed by atoms with E-state index in [2.05, 4.69) is 20.9 Å². The second-order valence-electron chi connectivity index (χ2n) is 11.2. The molecule has 1 fully saturated rings. The molecule has 0 radical (unpaired) electrons. The normalized spacial score (nSPS) is 15.2. The number of nitrogens with zero attached hydrogens (tertiary/aromatic N) is 4. The Labute approximate surface area is 273 Å². The number of carboxylic acids is 1. The lowest BCUT2D eigenvalue weighted by atomic mass is 9.95. The van der Waals surface area contributed by atoms with Crippen molar-refractivity contribution in [3.05, 3.63) is 106 Å². The van der Waals surface area contributed by atoms with E-state index < -0.39 is 17.9 Å². The van der Waals surface area contributed by atoms with Crippen molar-refractivity contribution in [2.75, 3.05) is 17.2 Å². The second kappa shape index (κ2) is 13.2. The maximum atomic E-state index is 13.8. The summed E-state index contributed by atoms with van der Waals surface area (Å²) in [5, 5.41) is 23.6. The summed E-state index contributed by atoms with van der Waals surface area (Å²) < 4.78 is 1.51. The van der Waals surface area contributed by atoms with E-state index in [0.29, 0.717) is 39.6 Å². The fraction of sp³-hybridized carbons (Fsp3) is 0.212. The van der Waals surface area contributed by atoms with Gasteiger partial charge in [-0.2, -0.15) is 0 Å². The Morgan fingerprint density at radius 1 is 0.957 bits per heavy atom. The van der Waals surface area contributed by atoms with Gasteiger partial charge in [-0.05, 0) is 85.0 Å². The number of aromatic nitrogens is 3. The molecule has 3 amide bonds. The van der Waals surface area contributed by atoms with E-state index in [1.165, 1.54) is 39.9 Å². The van der Waals surface area contributed by atoms with Crippen LogP contribution in [0.15, 0.2) is 79.0 Å². The van der Waals surface area contributed by atoms with Crippen molar-refractivity contribution in [2.45, 2.75) is 31.7 Å². The first-order valence-electron chi connectivity index (χ1n) is 14.6. The van der Waals surface area contributed by atoms with E-state index in [1.54, 1.807) is 36.5 Å². The molecule has 46 heavy (non-hydrogen) atoms. The molecule has 0 bridgehead atoms. The average molecular weight is 660 g/mol. The molecule has 1 aliphatic carbocycles. The van der Waals surface area contributed by atoms with Gasteiger partial charge in [0.1, 0.15) is 6.04 Å². The lowest BCUT2D eigenvalue weighted by molar-refractivity contribution is -0.135. The fourth-order valence-electron chi connectivity index (χ4n) is 5.31. The molecule has 1 aliphatic heterocycles. The van der Waals surface area contributed by atoms with Gasteiger partial charge in [0.2, 0.25) is 17.7 Å². The van der Waals surface area contributed by atoms with Crippen molar-refractivity contribution < 1.29 is 24.3 Å². The Bertz CT molecular complexity index is 1850. The topological polar surface area (TPSA) is 147 Å². The first kappa shape index (κ1) is 31.0. The van der Waals surface area contributed by atoms with Crippen LogP contribution in [0.3, 0.4) is 0 Å². The summed E-state index contributed by atoms with van der Waals surface area (Å²) in [7, 11) is 0. The van der Waals surface area contributed by atoms with Crippen LogP contribution < -0.4 is 10.6 Å². The summed E-state index contributed by atoms with van der Waals surface area (Å²) >= 11 is 12.3. The first-order chi connectivity index (χ1) is 22.1. The largest absolute Gasteiger partial charge is 0.478 e. The van der Waals surface area contributed by atoms with Crippen LogP contribution in [0, 0.1) is 5.92 Å². The number of aromatic carboxylic acids is 1. The predicted octanol–water partition coefficient (Wildman–Crippen LogP) is 5.49. The van der Waals surface area contributed by atoms with Gasteiger partial charge >= 0.3 is 5.97 Å². The van der Waals surface area contributed by atoms with Gasteiger partial charge in [-0.1, -0.05) is 40.5 Å². The van der Waals surface area contributed by atoms with E-state index in [1.807, 2.05) is 12.1 Å². The molecule has 3 N–H and O–H groups in total. The molecule has 13 heteroatoms. The summed E-state index contributed by atoms with van der Waals surface area (Å²) in [6, 6.07) is 17.3. The van der Waals surface area contributed by atoms with Gasteiger partial charge in [-0.3, -0.25) is 14.4 Å². The third-order valence-corrected chi connectivity index (χ3v) is 8.30. The predicted molar refractivity (Wildman–Crippen MR) is 173 cm³/mol. The highest BCUT2D eigenvalue weighted by atomic mass is 35.5. The Hall–Kier alpha value is -5.00. The Morgan fingerprint density at radius 3 is 2.28 bits per heavy atom. The van der Waals surface area contributed by atoms with Crippen molar-refractivity contribution in [3.8, 4) is 5.69 Å². The smallest absolute Gasteiger partial charge is 0.335 e. The number of carboxylic acid groups (broad SMARTS) is 1. The lowest BCUT2D eigenvalue weighted by Crippen LogP contribution is -2.49. The molecule has 11 nitrogen and oxygen atoms in total. The molecule has 234 valence electrons. The number of rotatable bonds is 10. The molecule has 1 saturated carbocycles. The van der Waals surface area contributed by atoms with E-state index in [4.69, 9.17) is 23.2 Å². The maximum Gasteiger partial charge on any atom is 0.335 e. The van der Waals surface area contributed by atoms with Crippen LogP contribution in [0.1, 0.15) is 40.7 Å². The summed E-state index contributed by atoms with van der Waals surface area (Å²) in [6.07, 6.45) is 5.46. The van der Waals surface area contributed by atoms with Gasteiger partial charge in [-0.25, -0.2) is 9.48 Å². The Kier molecular flexibility index (Phi) is 8.87. The zero-order chi connectivity index (χ0) is 32.4. The highest BCUT2D eigenvalue weighted by Gasteiger charge is 2.33. The fourth-order valence-corrected chi connectivity index (χ4v) is 5.61. The van der Waals surface area contributed by atoms with E-state index >= 15 is 0 Å². The van der Waals surface area contributed by atoms with Gasteiger partial charge in [0.05, 0.1) is 17.4 Å². The van der Waals surface area contributed by atoms with Crippen molar-refractivity contribution >= 4 is 63.8 Å². The minimum Gasteiger partial charge on any atom is -0.478 e. The molecule has 4 aromatic rings. The van der Waals surface area contributed by atoms with Crippen LogP contribution >= 0.6 is 23.2 Å². The van der Waals surface area contributed by atoms with Crippen molar-refractivity contribution in [1.82, 2.24) is 19.9 Å². The zero-order valence-corrected chi connectivity index (χ0v) is 25.8. The molecule has 3 aromatic carbocycles. The number of halogens is 2. The van der Waals surface area contributed by atoms with Crippen molar-refractivity contribution in [2.24, 2.45) is 5.92 Å². The number of hydrogen-bond donors (Lipinski definition) is 3. The maximum absolute atomic E-state index is 13.8. The standard InChI is InChI=1S/C33H28Cl2N6O5/c34-23-7-12-27(41-18-29(35)38-39-41)26(17-23)22-13-14-40(30(42)16-22)28(32(44)37-25-10-5-21(6-11-25)33(45)46)15-19-1-8-24(9-2-19)36-31(43)20-3-4-20/h1-2,5-12,16-18,20,28H,3-4,13-15H2,(H,36,43)(H,37,44)(H,45,46)/t28-/m0/s1. The molecule has 1 aromatic heterocycles. The number of amides is 3. The third-order valence-electron chi connectivity index (χ3n) is 7.90. The zero-order valence-electron chi connectivity index (χ0n) is 24.3. The van der Waals surface area contributed by atoms with Gasteiger partial charge in [-0.15, -0.1) is 5.10 Å². The minimum absolute atomic E-state index is 0.00444. The quantitative estimate of drug-likeness (QED) is 0.204. The van der Waals surface area contributed by atoms with Crippen LogP contribution in [0.25, 0.3) is 11.3 Å². The summed E-state index contributed by atoms with van der Waals surface area (Å²) in [4.78, 5) is 52.5. The molecule has 6 rings (SSSR count). The Morgan fingerprint density at radius 2 is 1.65 bits per heavy atom. The molecular formula is C33H28Cl2N6O5. The van der Waals surface area contributed by atoms with E-state index in [9.17, 15) is 24.3 Å². The highest BCUT2D eigenvalue weighted by Crippen LogP contribution is 2.32. The van der Waals surface area contributed by atoms with Crippen LogP contribution in [0.5, 0.6) is 0 Å². The van der Waals surface area contributed by atoms with E-state index in [0.717, 1.165) is 18.4 Å². The molecule has 0 saturated heterocycles. The SMILES string of the molecule is O=C(O)c1ccc(NC(=O)[C@H](Cc2ccc(NC(=O)C3CC3)cc2)N2CCC(c3cc(Cl)ccc3-n3cc(Cl)nn3)=CC2=O)cc1. The highest BCUT2D eigenvalue weighted by molar-refractivity contribution is 6.31. The monoisotopic (exact) mass is 658 g/mol. The van der Waals surface area contributed by atoms with Crippen molar-refractivity contribution in [1.29, 1.82) is 0 Å².